The normalized spacial score (nSPS) is 17.8. The first-order valence-electron chi connectivity index (χ1n) is 6.24. The van der Waals surface area contributed by atoms with Crippen molar-refractivity contribution in [3.8, 4) is 11.5 Å². The van der Waals surface area contributed by atoms with Crippen molar-refractivity contribution in [1.29, 1.82) is 0 Å². The first-order valence-corrected chi connectivity index (χ1v) is 6.24. The summed E-state index contributed by atoms with van der Waals surface area (Å²) in [5.74, 6) is 1.05. The van der Waals surface area contributed by atoms with Gasteiger partial charge in [-0.3, -0.25) is 4.79 Å². The minimum absolute atomic E-state index is 0.0725. The SMILES string of the molecule is COc1ccc(C(=O)C2(N)CCOCC2)cc1OC. The Morgan fingerprint density at radius 2 is 1.84 bits per heavy atom. The lowest BCUT2D eigenvalue weighted by molar-refractivity contribution is 0.0447. The average molecular weight is 265 g/mol. The summed E-state index contributed by atoms with van der Waals surface area (Å²) in [6, 6.07) is 5.10. The minimum atomic E-state index is -0.835. The number of Topliss-reactive ketones (excluding diaryl/α,β-unsaturated/α-hetero) is 1. The molecule has 19 heavy (non-hydrogen) atoms. The molecule has 0 spiro atoms. The lowest BCUT2D eigenvalue weighted by atomic mass is 9.83. The van der Waals surface area contributed by atoms with E-state index >= 15 is 0 Å². The van der Waals surface area contributed by atoms with Crippen LogP contribution in [-0.4, -0.2) is 38.8 Å². The second-order valence-electron chi connectivity index (χ2n) is 4.67. The summed E-state index contributed by atoms with van der Waals surface area (Å²) < 4.78 is 15.6. The van der Waals surface area contributed by atoms with Gasteiger partial charge in [-0.15, -0.1) is 0 Å². The van der Waals surface area contributed by atoms with Crippen LogP contribution in [0.4, 0.5) is 0 Å². The van der Waals surface area contributed by atoms with Crippen LogP contribution in [-0.2, 0) is 4.74 Å². The van der Waals surface area contributed by atoms with E-state index in [0.717, 1.165) is 0 Å². The van der Waals surface area contributed by atoms with Crippen molar-refractivity contribution in [3.63, 3.8) is 0 Å². The highest BCUT2D eigenvalue weighted by Crippen LogP contribution is 2.30. The Hall–Kier alpha value is -1.59. The summed E-state index contributed by atoms with van der Waals surface area (Å²) in [5.41, 5.74) is 5.90. The fourth-order valence-electron chi connectivity index (χ4n) is 2.23. The highest BCUT2D eigenvalue weighted by Gasteiger charge is 2.36. The molecule has 1 aromatic carbocycles. The summed E-state index contributed by atoms with van der Waals surface area (Å²) in [6.07, 6.45) is 1.08. The van der Waals surface area contributed by atoms with Crippen molar-refractivity contribution in [3.05, 3.63) is 23.8 Å². The number of hydrogen-bond acceptors (Lipinski definition) is 5. The van der Waals surface area contributed by atoms with Crippen molar-refractivity contribution in [1.82, 2.24) is 0 Å². The largest absolute Gasteiger partial charge is 0.493 e. The van der Waals surface area contributed by atoms with Crippen LogP contribution >= 0.6 is 0 Å². The van der Waals surface area contributed by atoms with Crippen molar-refractivity contribution >= 4 is 5.78 Å². The number of hydrogen-bond donors (Lipinski definition) is 1. The molecule has 0 radical (unpaired) electrons. The molecule has 0 aromatic heterocycles. The van der Waals surface area contributed by atoms with Gasteiger partial charge in [-0.2, -0.15) is 0 Å². The van der Waals surface area contributed by atoms with Gasteiger partial charge in [0.05, 0.1) is 19.8 Å². The lowest BCUT2D eigenvalue weighted by Crippen LogP contribution is -2.51. The Balaban J connectivity index is 2.28. The van der Waals surface area contributed by atoms with Crippen molar-refractivity contribution in [2.45, 2.75) is 18.4 Å². The standard InChI is InChI=1S/C14H19NO4/c1-17-11-4-3-10(9-12(11)18-2)13(16)14(15)5-7-19-8-6-14/h3-4,9H,5-8,15H2,1-2H3. The monoisotopic (exact) mass is 265 g/mol. The van der Waals surface area contributed by atoms with Crippen molar-refractivity contribution in [2.24, 2.45) is 5.73 Å². The van der Waals surface area contributed by atoms with Crippen LogP contribution in [0.25, 0.3) is 0 Å². The number of carbonyl (C=O) groups excluding carboxylic acids is 1. The molecule has 0 unspecified atom stereocenters. The molecule has 2 N–H and O–H groups in total. The Bertz CT molecular complexity index is 467. The number of methoxy groups -OCH3 is 2. The van der Waals surface area contributed by atoms with Gasteiger partial charge in [-0.1, -0.05) is 0 Å². The Kier molecular flexibility index (Phi) is 4.07. The number of ketones is 1. The molecule has 0 atom stereocenters. The fourth-order valence-corrected chi connectivity index (χ4v) is 2.23. The Labute approximate surface area is 112 Å². The summed E-state index contributed by atoms with van der Waals surface area (Å²) in [5, 5.41) is 0. The van der Waals surface area contributed by atoms with Gasteiger partial charge in [-0.25, -0.2) is 0 Å². The zero-order chi connectivity index (χ0) is 13.9. The third-order valence-corrected chi connectivity index (χ3v) is 3.48. The van der Waals surface area contributed by atoms with E-state index in [9.17, 15) is 4.79 Å². The second-order valence-corrected chi connectivity index (χ2v) is 4.67. The number of rotatable bonds is 4. The molecule has 0 aliphatic carbocycles. The molecule has 1 fully saturated rings. The second kappa shape index (κ2) is 5.59. The third-order valence-electron chi connectivity index (χ3n) is 3.48. The topological polar surface area (TPSA) is 70.8 Å². The lowest BCUT2D eigenvalue weighted by Gasteiger charge is -2.31. The smallest absolute Gasteiger partial charge is 0.182 e. The molecule has 5 heteroatoms. The predicted molar refractivity (Wildman–Crippen MR) is 70.8 cm³/mol. The van der Waals surface area contributed by atoms with E-state index in [4.69, 9.17) is 19.9 Å². The van der Waals surface area contributed by atoms with Crippen LogP contribution in [0.5, 0.6) is 11.5 Å². The first kappa shape index (κ1) is 13.8. The molecule has 0 bridgehead atoms. The molecular formula is C14H19NO4. The molecule has 1 aliphatic rings. The van der Waals surface area contributed by atoms with E-state index in [-0.39, 0.29) is 5.78 Å². The molecule has 1 saturated heterocycles. The van der Waals surface area contributed by atoms with E-state index in [0.29, 0.717) is 43.1 Å². The first-order chi connectivity index (χ1) is 9.10. The van der Waals surface area contributed by atoms with Crippen LogP contribution in [0.15, 0.2) is 18.2 Å². The van der Waals surface area contributed by atoms with Crippen molar-refractivity contribution < 1.29 is 19.0 Å². The molecule has 0 amide bonds. The molecule has 1 heterocycles. The number of benzene rings is 1. The van der Waals surface area contributed by atoms with E-state index in [1.54, 1.807) is 32.4 Å². The number of nitrogens with two attached hydrogens (primary N) is 1. The summed E-state index contributed by atoms with van der Waals surface area (Å²) in [7, 11) is 3.10. The van der Waals surface area contributed by atoms with E-state index in [1.165, 1.54) is 0 Å². The molecule has 104 valence electrons. The zero-order valence-corrected chi connectivity index (χ0v) is 11.3. The van der Waals surface area contributed by atoms with Gasteiger partial charge < -0.3 is 19.9 Å². The van der Waals surface area contributed by atoms with Gasteiger partial charge in [0.1, 0.15) is 0 Å². The third kappa shape index (κ3) is 2.72. The zero-order valence-electron chi connectivity index (χ0n) is 11.3. The van der Waals surface area contributed by atoms with Crippen molar-refractivity contribution in [2.75, 3.05) is 27.4 Å². The van der Waals surface area contributed by atoms with Crippen LogP contribution < -0.4 is 15.2 Å². The van der Waals surface area contributed by atoms with Gasteiger partial charge in [0.15, 0.2) is 17.3 Å². The van der Waals surface area contributed by atoms with Crippen LogP contribution in [0.2, 0.25) is 0 Å². The molecular weight excluding hydrogens is 246 g/mol. The quantitative estimate of drug-likeness (QED) is 0.833. The van der Waals surface area contributed by atoms with Gasteiger partial charge >= 0.3 is 0 Å². The molecule has 1 aromatic rings. The molecule has 1 aliphatic heterocycles. The molecule has 0 saturated carbocycles. The van der Waals surface area contributed by atoms with Gasteiger partial charge in [0.2, 0.25) is 0 Å². The summed E-state index contributed by atoms with van der Waals surface area (Å²) in [6.45, 7) is 1.05. The molecule has 2 rings (SSSR count). The van der Waals surface area contributed by atoms with Gasteiger partial charge in [0.25, 0.3) is 0 Å². The number of ether oxygens (including phenoxy) is 3. The van der Waals surface area contributed by atoms with E-state index < -0.39 is 5.54 Å². The van der Waals surface area contributed by atoms with Crippen LogP contribution in [0, 0.1) is 0 Å². The summed E-state index contributed by atoms with van der Waals surface area (Å²) >= 11 is 0. The maximum atomic E-state index is 12.5. The minimum Gasteiger partial charge on any atom is -0.493 e. The maximum Gasteiger partial charge on any atom is 0.182 e. The van der Waals surface area contributed by atoms with Gasteiger partial charge in [0, 0.05) is 18.8 Å². The van der Waals surface area contributed by atoms with E-state index in [2.05, 4.69) is 0 Å². The molecule has 5 nitrogen and oxygen atoms in total. The Morgan fingerprint density at radius 1 is 1.21 bits per heavy atom. The van der Waals surface area contributed by atoms with Crippen LogP contribution in [0.1, 0.15) is 23.2 Å². The fraction of sp³-hybridized carbons (Fsp3) is 0.500. The maximum absolute atomic E-state index is 12.5. The highest BCUT2D eigenvalue weighted by atomic mass is 16.5. The Morgan fingerprint density at radius 3 is 2.42 bits per heavy atom. The van der Waals surface area contributed by atoms with E-state index in [1.807, 2.05) is 0 Å². The highest BCUT2D eigenvalue weighted by molar-refractivity contribution is 6.03. The summed E-state index contributed by atoms with van der Waals surface area (Å²) in [4.78, 5) is 12.5. The predicted octanol–water partition coefficient (Wildman–Crippen LogP) is 1.39. The number of carbonyl (C=O) groups is 1. The van der Waals surface area contributed by atoms with Crippen LogP contribution in [0.3, 0.4) is 0 Å². The van der Waals surface area contributed by atoms with Gasteiger partial charge in [-0.05, 0) is 31.0 Å². The average Bonchev–Trinajstić information content (AvgIpc) is 2.46.